The van der Waals surface area contributed by atoms with Crippen molar-refractivity contribution in [2.45, 2.75) is 0 Å². The van der Waals surface area contributed by atoms with E-state index in [-0.39, 0.29) is 0 Å². The Labute approximate surface area is 86.1 Å². The second kappa shape index (κ2) is 4.72. The Morgan fingerprint density at radius 3 is 2.33 bits per heavy atom. The molecule has 1 aromatic rings. The van der Waals surface area contributed by atoms with Crippen LogP contribution in [0.4, 0.5) is 0 Å². The van der Waals surface area contributed by atoms with Crippen LogP contribution in [0.25, 0.3) is 6.08 Å². The van der Waals surface area contributed by atoms with Crippen LogP contribution >= 0.6 is 0 Å². The van der Waals surface area contributed by atoms with Crippen molar-refractivity contribution in [2.75, 3.05) is 0 Å². The molecule has 0 aromatic heterocycles. The molecular weight excluding hydrogens is 194 g/mol. The van der Waals surface area contributed by atoms with Gasteiger partial charge >= 0.3 is 5.97 Å². The Morgan fingerprint density at radius 2 is 1.87 bits per heavy atom. The van der Waals surface area contributed by atoms with E-state index in [1.54, 1.807) is 24.3 Å². The highest BCUT2D eigenvalue weighted by Gasteiger charge is 2.05. The first-order valence-electron chi connectivity index (χ1n) is 4.09. The van der Waals surface area contributed by atoms with Crippen LogP contribution < -0.4 is 0 Å². The van der Waals surface area contributed by atoms with Crippen molar-refractivity contribution in [3.63, 3.8) is 0 Å². The zero-order chi connectivity index (χ0) is 11.3. The van der Waals surface area contributed by atoms with Gasteiger partial charge in [0.05, 0.1) is 11.6 Å². The van der Waals surface area contributed by atoms with Gasteiger partial charge in [0, 0.05) is 0 Å². The number of rotatable bonds is 3. The van der Waals surface area contributed by atoms with Crippen LogP contribution in [-0.2, 0) is 9.59 Å². The summed E-state index contributed by atoms with van der Waals surface area (Å²) in [6.45, 7) is 0. The molecule has 0 atom stereocenters. The number of nitrogens with zero attached hydrogens (tertiary/aromatic N) is 1. The summed E-state index contributed by atoms with van der Waals surface area (Å²) < 4.78 is 0. The number of carbonyl (C=O) groups is 2. The summed E-state index contributed by atoms with van der Waals surface area (Å²) in [7, 11) is 0. The smallest absolute Gasteiger partial charge is 0.376 e. The summed E-state index contributed by atoms with van der Waals surface area (Å²) in [5, 5.41) is 16.8. The Balaban J connectivity index is 2.78. The zero-order valence-electron chi connectivity index (χ0n) is 7.68. The number of hydrogen-bond donors (Lipinski definition) is 1. The zero-order valence-corrected chi connectivity index (χ0v) is 7.68. The van der Waals surface area contributed by atoms with Crippen LogP contribution in [-0.4, -0.2) is 16.9 Å². The van der Waals surface area contributed by atoms with E-state index in [0.717, 1.165) is 6.08 Å². The molecule has 0 aliphatic rings. The van der Waals surface area contributed by atoms with Gasteiger partial charge in [0.25, 0.3) is 5.78 Å². The Morgan fingerprint density at radius 1 is 1.27 bits per heavy atom. The predicted molar refractivity (Wildman–Crippen MR) is 52.8 cm³/mol. The molecule has 0 unspecified atom stereocenters. The van der Waals surface area contributed by atoms with E-state index in [1.165, 1.54) is 6.08 Å². The van der Waals surface area contributed by atoms with Crippen molar-refractivity contribution in [1.82, 2.24) is 0 Å². The number of carbonyl (C=O) groups excluding carboxylic acids is 1. The van der Waals surface area contributed by atoms with Crippen LogP contribution in [0.3, 0.4) is 0 Å². The van der Waals surface area contributed by atoms with Crippen LogP contribution in [0.1, 0.15) is 11.1 Å². The van der Waals surface area contributed by atoms with Gasteiger partial charge in [0.15, 0.2) is 0 Å². The molecule has 0 amide bonds. The molecule has 0 heterocycles. The Bertz CT molecular complexity index is 452. The molecule has 74 valence electrons. The fourth-order valence-electron chi connectivity index (χ4n) is 0.912. The molecule has 1 N–H and O–H groups in total. The Hall–Kier alpha value is -2.41. The van der Waals surface area contributed by atoms with Crippen molar-refractivity contribution in [2.24, 2.45) is 0 Å². The summed E-state index contributed by atoms with van der Waals surface area (Å²) in [4.78, 5) is 20.9. The number of ketones is 1. The minimum absolute atomic E-state index is 0.511. The number of carboxylic acids is 1. The Kier molecular flexibility index (Phi) is 3.36. The van der Waals surface area contributed by atoms with Gasteiger partial charge in [0.1, 0.15) is 0 Å². The normalized spacial score (nSPS) is 9.80. The first-order valence-corrected chi connectivity index (χ1v) is 4.09. The quantitative estimate of drug-likeness (QED) is 0.589. The molecule has 1 rings (SSSR count). The van der Waals surface area contributed by atoms with E-state index in [0.29, 0.717) is 11.1 Å². The van der Waals surface area contributed by atoms with E-state index >= 15 is 0 Å². The fraction of sp³-hybridized carbons (Fsp3) is 0. The van der Waals surface area contributed by atoms with Crippen LogP contribution in [0.5, 0.6) is 0 Å². The summed E-state index contributed by atoms with van der Waals surface area (Å²) in [6, 6.07) is 8.39. The molecular formula is C11H7NO3. The van der Waals surface area contributed by atoms with Crippen molar-refractivity contribution in [3.8, 4) is 6.07 Å². The minimum Gasteiger partial charge on any atom is -0.475 e. The highest BCUT2D eigenvalue weighted by atomic mass is 16.4. The maximum atomic E-state index is 10.7. The maximum Gasteiger partial charge on any atom is 0.376 e. The molecule has 0 spiro atoms. The third-order valence-corrected chi connectivity index (χ3v) is 1.68. The fourth-order valence-corrected chi connectivity index (χ4v) is 0.912. The number of aliphatic carboxylic acids is 1. The van der Waals surface area contributed by atoms with E-state index in [2.05, 4.69) is 0 Å². The van der Waals surface area contributed by atoms with Gasteiger partial charge in [-0.05, 0) is 23.8 Å². The van der Waals surface area contributed by atoms with Crippen molar-refractivity contribution in [1.29, 1.82) is 5.26 Å². The summed E-state index contributed by atoms with van der Waals surface area (Å²) >= 11 is 0. The first kappa shape index (κ1) is 10.7. The van der Waals surface area contributed by atoms with Crippen molar-refractivity contribution < 1.29 is 14.7 Å². The minimum atomic E-state index is -1.49. The summed E-state index contributed by atoms with van der Waals surface area (Å²) in [6.07, 6.45) is 2.36. The number of benzene rings is 1. The average molecular weight is 201 g/mol. The largest absolute Gasteiger partial charge is 0.475 e. The predicted octanol–water partition coefficient (Wildman–Crippen LogP) is 1.23. The van der Waals surface area contributed by atoms with E-state index in [1.807, 2.05) is 6.07 Å². The lowest BCUT2D eigenvalue weighted by molar-refractivity contribution is -0.146. The SMILES string of the molecule is N#Cc1ccc(/C=C/C(=O)C(=O)O)cc1. The summed E-state index contributed by atoms with van der Waals surface area (Å²) in [5.74, 6) is -2.46. The molecule has 4 heteroatoms. The molecule has 0 fully saturated rings. The van der Waals surface area contributed by atoms with Gasteiger partial charge in [-0.15, -0.1) is 0 Å². The first-order chi connectivity index (χ1) is 7.13. The van der Waals surface area contributed by atoms with Gasteiger partial charge in [-0.2, -0.15) is 5.26 Å². The molecule has 4 nitrogen and oxygen atoms in total. The molecule has 1 aromatic carbocycles. The second-order valence-corrected chi connectivity index (χ2v) is 2.74. The topological polar surface area (TPSA) is 78.2 Å². The number of hydrogen-bond acceptors (Lipinski definition) is 3. The van der Waals surface area contributed by atoms with Crippen molar-refractivity contribution >= 4 is 17.8 Å². The van der Waals surface area contributed by atoms with Gasteiger partial charge in [-0.3, -0.25) is 4.79 Å². The highest BCUT2D eigenvalue weighted by Crippen LogP contribution is 2.05. The molecule has 0 aliphatic heterocycles. The third kappa shape index (κ3) is 3.08. The van der Waals surface area contributed by atoms with Crippen molar-refractivity contribution in [3.05, 3.63) is 41.5 Å². The molecule has 0 aliphatic carbocycles. The molecule has 0 saturated heterocycles. The second-order valence-electron chi connectivity index (χ2n) is 2.74. The van der Waals surface area contributed by atoms with Crippen LogP contribution in [0.15, 0.2) is 30.3 Å². The lowest BCUT2D eigenvalue weighted by atomic mass is 10.1. The van der Waals surface area contributed by atoms with Gasteiger partial charge in [0.2, 0.25) is 0 Å². The standard InChI is InChI=1S/C11H7NO3/c12-7-9-3-1-8(2-4-9)5-6-10(13)11(14)15/h1-6H,(H,14,15)/b6-5+. The van der Waals surface area contributed by atoms with E-state index in [9.17, 15) is 9.59 Å². The molecule has 15 heavy (non-hydrogen) atoms. The molecule has 0 radical (unpaired) electrons. The average Bonchev–Trinajstić information content (AvgIpc) is 2.26. The summed E-state index contributed by atoms with van der Waals surface area (Å²) in [5.41, 5.74) is 1.18. The van der Waals surface area contributed by atoms with Crippen LogP contribution in [0.2, 0.25) is 0 Å². The van der Waals surface area contributed by atoms with Gasteiger partial charge < -0.3 is 5.11 Å². The highest BCUT2D eigenvalue weighted by molar-refractivity contribution is 6.38. The van der Waals surface area contributed by atoms with Crippen LogP contribution in [0, 0.1) is 11.3 Å². The monoisotopic (exact) mass is 201 g/mol. The number of nitriles is 1. The molecule has 0 saturated carbocycles. The van der Waals surface area contributed by atoms with E-state index in [4.69, 9.17) is 10.4 Å². The van der Waals surface area contributed by atoms with E-state index < -0.39 is 11.8 Å². The number of carboxylic acid groups (broad SMARTS) is 1. The lowest BCUT2D eigenvalue weighted by Crippen LogP contribution is -2.08. The third-order valence-electron chi connectivity index (χ3n) is 1.68. The molecule has 0 bridgehead atoms. The van der Waals surface area contributed by atoms with Gasteiger partial charge in [-0.25, -0.2) is 4.79 Å². The van der Waals surface area contributed by atoms with Gasteiger partial charge in [-0.1, -0.05) is 18.2 Å². The lowest BCUT2D eigenvalue weighted by Gasteiger charge is -1.92. The maximum absolute atomic E-state index is 10.7.